The first kappa shape index (κ1) is 15.9. The molecule has 118 valence electrons. The Morgan fingerprint density at radius 1 is 1.43 bits per heavy atom. The van der Waals surface area contributed by atoms with Crippen LogP contribution in [0.1, 0.15) is 46.4 Å². The number of aromatic amines is 1. The van der Waals surface area contributed by atoms with Gasteiger partial charge in [0.1, 0.15) is 5.60 Å². The predicted molar refractivity (Wildman–Crippen MR) is 83.2 cm³/mol. The summed E-state index contributed by atoms with van der Waals surface area (Å²) in [7, 11) is 0. The molecule has 2 heterocycles. The van der Waals surface area contributed by atoms with E-state index in [1.54, 1.807) is 0 Å². The van der Waals surface area contributed by atoms with E-state index in [1.807, 2.05) is 37.9 Å². The van der Waals surface area contributed by atoms with Crippen molar-refractivity contribution >= 4 is 6.09 Å². The molecule has 0 unspecified atom stereocenters. The Morgan fingerprint density at radius 3 is 2.67 bits per heavy atom. The second kappa shape index (κ2) is 6.10. The van der Waals surface area contributed by atoms with Crippen molar-refractivity contribution in [3.8, 4) is 0 Å². The lowest BCUT2D eigenvalue weighted by molar-refractivity contribution is -0.00368. The van der Waals surface area contributed by atoms with E-state index < -0.39 is 5.60 Å². The van der Waals surface area contributed by atoms with Crippen LogP contribution in [-0.4, -0.2) is 52.2 Å². The summed E-state index contributed by atoms with van der Waals surface area (Å²) in [4.78, 5) is 19.7. The maximum absolute atomic E-state index is 12.2. The normalized spacial score (nSPS) is 22.1. The summed E-state index contributed by atoms with van der Waals surface area (Å²) in [6.07, 6.45) is 1.74. The lowest BCUT2D eigenvalue weighted by Gasteiger charge is -2.42. The van der Waals surface area contributed by atoms with Gasteiger partial charge in [-0.3, -0.25) is 4.90 Å². The van der Waals surface area contributed by atoms with Gasteiger partial charge in [0.2, 0.25) is 0 Å². The van der Waals surface area contributed by atoms with Crippen molar-refractivity contribution in [3.63, 3.8) is 0 Å². The molecule has 2 atom stereocenters. The molecule has 0 bridgehead atoms. The van der Waals surface area contributed by atoms with E-state index in [0.29, 0.717) is 12.6 Å². The third-order valence-corrected chi connectivity index (χ3v) is 3.91. The summed E-state index contributed by atoms with van der Waals surface area (Å²) >= 11 is 0. The number of ether oxygens (including phenoxy) is 1. The van der Waals surface area contributed by atoms with Gasteiger partial charge in [0.25, 0.3) is 0 Å². The smallest absolute Gasteiger partial charge is 0.410 e. The van der Waals surface area contributed by atoms with E-state index in [4.69, 9.17) is 4.74 Å². The van der Waals surface area contributed by atoms with Crippen LogP contribution in [0.3, 0.4) is 0 Å². The van der Waals surface area contributed by atoms with Crippen molar-refractivity contribution in [3.05, 3.63) is 24.0 Å². The number of hydrogen-bond acceptors (Lipinski definition) is 3. The molecule has 1 aliphatic heterocycles. The minimum absolute atomic E-state index is 0.158. The van der Waals surface area contributed by atoms with Crippen LogP contribution in [0.2, 0.25) is 0 Å². The number of carbonyl (C=O) groups is 1. The van der Waals surface area contributed by atoms with Crippen molar-refractivity contribution in [1.82, 2.24) is 14.8 Å². The molecule has 5 nitrogen and oxygen atoms in total. The molecule has 0 aliphatic carbocycles. The lowest BCUT2D eigenvalue weighted by atomic mass is 10.1. The Hall–Kier alpha value is -1.49. The molecule has 1 saturated heterocycles. The van der Waals surface area contributed by atoms with Gasteiger partial charge in [-0.15, -0.1) is 0 Å². The molecule has 1 aromatic heterocycles. The van der Waals surface area contributed by atoms with E-state index in [2.05, 4.69) is 29.8 Å². The molecular formula is C16H27N3O2. The Kier molecular flexibility index (Phi) is 4.61. The number of rotatable bonds is 2. The van der Waals surface area contributed by atoms with Crippen LogP contribution in [0.4, 0.5) is 4.79 Å². The summed E-state index contributed by atoms with van der Waals surface area (Å²) in [6, 6.07) is 4.62. The molecule has 1 aliphatic rings. The zero-order valence-corrected chi connectivity index (χ0v) is 13.7. The van der Waals surface area contributed by atoms with Gasteiger partial charge in [0.15, 0.2) is 0 Å². The molecule has 0 aromatic carbocycles. The number of nitrogens with zero attached hydrogens (tertiary/aromatic N) is 2. The fourth-order valence-corrected chi connectivity index (χ4v) is 2.73. The Balaban J connectivity index is 1.94. The van der Waals surface area contributed by atoms with Crippen LogP contribution >= 0.6 is 0 Å². The van der Waals surface area contributed by atoms with Gasteiger partial charge in [-0.25, -0.2) is 4.79 Å². The summed E-state index contributed by atoms with van der Waals surface area (Å²) < 4.78 is 5.48. The standard InChI is InChI=1S/C16H27N3O2/c1-12-11-18(13(2)14-7-6-8-17-14)9-10-19(12)15(20)21-16(3,4)5/h6-8,12-13,17H,9-11H2,1-5H3/t12-,13+/m0/s1. The third kappa shape index (κ3) is 4.00. The van der Waals surface area contributed by atoms with Crippen molar-refractivity contribution in [1.29, 1.82) is 0 Å². The molecule has 21 heavy (non-hydrogen) atoms. The Labute approximate surface area is 127 Å². The van der Waals surface area contributed by atoms with Crippen LogP contribution in [-0.2, 0) is 4.74 Å². The maximum atomic E-state index is 12.2. The molecular weight excluding hydrogens is 266 g/mol. The zero-order valence-electron chi connectivity index (χ0n) is 13.7. The number of hydrogen-bond donors (Lipinski definition) is 1. The van der Waals surface area contributed by atoms with E-state index in [9.17, 15) is 4.79 Å². The molecule has 1 N–H and O–H groups in total. The van der Waals surface area contributed by atoms with Crippen molar-refractivity contribution < 1.29 is 9.53 Å². The van der Waals surface area contributed by atoms with E-state index in [-0.39, 0.29) is 12.1 Å². The van der Waals surface area contributed by atoms with Crippen LogP contribution in [0.25, 0.3) is 0 Å². The summed E-state index contributed by atoms with van der Waals surface area (Å²) in [5, 5.41) is 0. The third-order valence-electron chi connectivity index (χ3n) is 3.91. The molecule has 1 aromatic rings. The number of H-pyrrole nitrogens is 1. The van der Waals surface area contributed by atoms with Crippen molar-refractivity contribution in [2.75, 3.05) is 19.6 Å². The summed E-state index contributed by atoms with van der Waals surface area (Å²) in [6.45, 7) is 12.4. The zero-order chi connectivity index (χ0) is 15.6. The molecule has 2 rings (SSSR count). The number of nitrogens with one attached hydrogen (secondary N) is 1. The first-order chi connectivity index (χ1) is 9.78. The summed E-state index contributed by atoms with van der Waals surface area (Å²) in [5.74, 6) is 0. The second-order valence-corrected chi connectivity index (χ2v) is 6.82. The monoisotopic (exact) mass is 293 g/mol. The number of carbonyl (C=O) groups excluding carboxylic acids is 1. The Bertz CT molecular complexity index is 464. The average Bonchev–Trinajstić information content (AvgIpc) is 2.89. The van der Waals surface area contributed by atoms with Crippen LogP contribution in [0, 0.1) is 0 Å². The van der Waals surface area contributed by atoms with Gasteiger partial charge < -0.3 is 14.6 Å². The van der Waals surface area contributed by atoms with Crippen LogP contribution in [0.15, 0.2) is 18.3 Å². The fraction of sp³-hybridized carbons (Fsp3) is 0.688. The van der Waals surface area contributed by atoms with Gasteiger partial charge in [-0.1, -0.05) is 0 Å². The van der Waals surface area contributed by atoms with Gasteiger partial charge in [0, 0.05) is 43.6 Å². The van der Waals surface area contributed by atoms with Gasteiger partial charge in [0.05, 0.1) is 0 Å². The predicted octanol–water partition coefficient (Wildman–Crippen LogP) is 3.02. The van der Waals surface area contributed by atoms with Crippen molar-refractivity contribution in [2.24, 2.45) is 0 Å². The fourth-order valence-electron chi connectivity index (χ4n) is 2.73. The first-order valence-electron chi connectivity index (χ1n) is 7.65. The van der Waals surface area contributed by atoms with Gasteiger partial charge in [-0.05, 0) is 46.8 Å². The molecule has 0 radical (unpaired) electrons. The topological polar surface area (TPSA) is 48.6 Å². The van der Waals surface area contributed by atoms with Crippen LogP contribution in [0.5, 0.6) is 0 Å². The van der Waals surface area contributed by atoms with E-state index in [0.717, 1.165) is 13.1 Å². The number of amides is 1. The average molecular weight is 293 g/mol. The van der Waals surface area contributed by atoms with Gasteiger partial charge >= 0.3 is 6.09 Å². The molecule has 1 fully saturated rings. The summed E-state index contributed by atoms with van der Waals surface area (Å²) in [5.41, 5.74) is 0.777. The number of piperazine rings is 1. The minimum atomic E-state index is -0.439. The lowest BCUT2D eigenvalue weighted by Crippen LogP contribution is -2.55. The van der Waals surface area contributed by atoms with E-state index in [1.165, 1.54) is 5.69 Å². The first-order valence-corrected chi connectivity index (χ1v) is 7.65. The van der Waals surface area contributed by atoms with Crippen LogP contribution < -0.4 is 0 Å². The quantitative estimate of drug-likeness (QED) is 0.912. The SMILES string of the molecule is C[C@H](c1ccc[nH]1)N1CCN(C(=O)OC(C)(C)C)[C@@H](C)C1. The highest BCUT2D eigenvalue weighted by Crippen LogP contribution is 2.23. The highest BCUT2D eigenvalue weighted by molar-refractivity contribution is 5.68. The maximum Gasteiger partial charge on any atom is 0.410 e. The van der Waals surface area contributed by atoms with E-state index >= 15 is 0 Å². The molecule has 1 amide bonds. The Morgan fingerprint density at radius 2 is 2.14 bits per heavy atom. The van der Waals surface area contributed by atoms with Gasteiger partial charge in [-0.2, -0.15) is 0 Å². The minimum Gasteiger partial charge on any atom is -0.444 e. The highest BCUT2D eigenvalue weighted by atomic mass is 16.6. The highest BCUT2D eigenvalue weighted by Gasteiger charge is 2.32. The largest absolute Gasteiger partial charge is 0.444 e. The number of aromatic nitrogens is 1. The molecule has 0 spiro atoms. The molecule has 0 saturated carbocycles. The second-order valence-electron chi connectivity index (χ2n) is 6.82. The van der Waals surface area contributed by atoms with Crippen molar-refractivity contribution in [2.45, 2.75) is 52.3 Å². The molecule has 5 heteroatoms.